The van der Waals surface area contributed by atoms with E-state index in [-0.39, 0.29) is 17.7 Å². The van der Waals surface area contributed by atoms with Gasteiger partial charge in [-0.05, 0) is 42.3 Å². The fourth-order valence-electron chi connectivity index (χ4n) is 4.63. The quantitative estimate of drug-likeness (QED) is 0.428. The fraction of sp³-hybridized carbons (Fsp3) is 0.393. The van der Waals surface area contributed by atoms with Crippen molar-refractivity contribution in [1.29, 1.82) is 0 Å². The molecule has 0 saturated carbocycles. The van der Waals surface area contributed by atoms with Gasteiger partial charge in [-0.1, -0.05) is 36.4 Å². The Morgan fingerprint density at radius 3 is 2.25 bits per heavy atom. The maximum atomic E-state index is 13.1. The van der Waals surface area contributed by atoms with Crippen LogP contribution in [0.3, 0.4) is 0 Å². The lowest BCUT2D eigenvalue weighted by Crippen LogP contribution is -2.35. The van der Waals surface area contributed by atoms with Crippen molar-refractivity contribution in [3.05, 3.63) is 83.2 Å². The van der Waals surface area contributed by atoms with E-state index < -0.39 is 0 Å². The lowest BCUT2D eigenvalue weighted by atomic mass is 9.88. The van der Waals surface area contributed by atoms with Gasteiger partial charge >= 0.3 is 6.01 Å². The summed E-state index contributed by atoms with van der Waals surface area (Å²) < 4.78 is 10.2. The molecule has 2 N–H and O–H groups in total. The van der Waals surface area contributed by atoms with Crippen LogP contribution in [-0.4, -0.2) is 61.7 Å². The van der Waals surface area contributed by atoms with Crippen molar-refractivity contribution in [2.45, 2.75) is 25.4 Å². The number of nitrogens with one attached hydrogen (secondary N) is 2. The normalized spacial score (nSPS) is 17.6. The molecule has 8 nitrogen and oxygen atoms in total. The van der Waals surface area contributed by atoms with E-state index in [4.69, 9.17) is 9.47 Å². The molecule has 8 heteroatoms. The molecule has 0 radical (unpaired) electrons. The molecular weight excluding hydrogens is 454 g/mol. The van der Waals surface area contributed by atoms with Gasteiger partial charge in [-0.15, -0.1) is 0 Å². The van der Waals surface area contributed by atoms with Crippen molar-refractivity contribution in [2.75, 3.05) is 40.9 Å². The highest BCUT2D eigenvalue weighted by atomic mass is 16.5. The first-order chi connectivity index (χ1) is 17.6. The van der Waals surface area contributed by atoms with Crippen LogP contribution in [0.25, 0.3) is 0 Å². The van der Waals surface area contributed by atoms with Crippen molar-refractivity contribution < 1.29 is 14.3 Å². The van der Waals surface area contributed by atoms with E-state index >= 15 is 0 Å². The summed E-state index contributed by atoms with van der Waals surface area (Å²) in [6, 6.07) is 17.0. The summed E-state index contributed by atoms with van der Waals surface area (Å²) in [5.41, 5.74) is 4.59. The third-order valence-corrected chi connectivity index (χ3v) is 6.64. The molecule has 0 bridgehead atoms. The minimum absolute atomic E-state index is 0.0510. The van der Waals surface area contributed by atoms with Crippen LogP contribution in [0.4, 0.5) is 0 Å². The monoisotopic (exact) mass is 489 g/mol. The van der Waals surface area contributed by atoms with Gasteiger partial charge in [-0.3, -0.25) is 4.79 Å². The number of hydrogen-bond acceptors (Lipinski definition) is 7. The standard InChI is InChI=1S/C28H35N5O3/c1-33-18-25(26(19-33)27(34)30-13-12-20-6-10-24(35-2)11-7-20)23-8-4-21(5-9-23)14-29-15-22-16-31-28(36-3)32-17-22/h4-11,16-17,25-26,29H,12-15,18-19H2,1-3H3,(H,30,34)/t25-,26-/m1/s1. The minimum Gasteiger partial charge on any atom is -0.497 e. The van der Waals surface area contributed by atoms with E-state index in [9.17, 15) is 4.79 Å². The third kappa shape index (κ3) is 6.80. The molecular formula is C28H35N5O3. The second kappa shape index (κ2) is 12.5. The Hall–Kier alpha value is -3.49. The number of methoxy groups -OCH3 is 2. The van der Waals surface area contributed by atoms with E-state index in [1.54, 1.807) is 26.6 Å². The van der Waals surface area contributed by atoms with Crippen LogP contribution in [0.1, 0.15) is 28.2 Å². The molecule has 0 unspecified atom stereocenters. The molecule has 2 heterocycles. The van der Waals surface area contributed by atoms with E-state index in [2.05, 4.69) is 56.8 Å². The van der Waals surface area contributed by atoms with Crippen LogP contribution in [-0.2, 0) is 24.3 Å². The van der Waals surface area contributed by atoms with Crippen molar-refractivity contribution in [3.8, 4) is 11.8 Å². The molecule has 0 spiro atoms. The maximum absolute atomic E-state index is 13.1. The van der Waals surface area contributed by atoms with Crippen molar-refractivity contribution >= 4 is 5.91 Å². The fourth-order valence-corrected chi connectivity index (χ4v) is 4.63. The number of amides is 1. The number of hydrogen-bond donors (Lipinski definition) is 2. The van der Waals surface area contributed by atoms with E-state index in [0.717, 1.165) is 37.4 Å². The van der Waals surface area contributed by atoms with Gasteiger partial charge in [-0.2, -0.15) is 0 Å². The highest BCUT2D eigenvalue weighted by molar-refractivity contribution is 5.80. The van der Waals surface area contributed by atoms with E-state index in [1.807, 2.05) is 24.3 Å². The number of nitrogens with zero attached hydrogens (tertiary/aromatic N) is 3. The van der Waals surface area contributed by atoms with Gasteiger partial charge in [0.05, 0.1) is 20.1 Å². The molecule has 1 aromatic heterocycles. The van der Waals surface area contributed by atoms with Gasteiger partial charge in [0.25, 0.3) is 0 Å². The molecule has 2 atom stereocenters. The van der Waals surface area contributed by atoms with Crippen LogP contribution < -0.4 is 20.1 Å². The lowest BCUT2D eigenvalue weighted by Gasteiger charge is -2.19. The van der Waals surface area contributed by atoms with Crippen LogP contribution in [0.5, 0.6) is 11.8 Å². The maximum Gasteiger partial charge on any atom is 0.316 e. The largest absolute Gasteiger partial charge is 0.497 e. The molecule has 1 aliphatic rings. The number of carbonyl (C=O) groups excluding carboxylic acids is 1. The summed E-state index contributed by atoms with van der Waals surface area (Å²) in [5, 5.41) is 6.58. The van der Waals surface area contributed by atoms with Gasteiger partial charge in [0.1, 0.15) is 5.75 Å². The Morgan fingerprint density at radius 2 is 1.58 bits per heavy atom. The van der Waals surface area contributed by atoms with Gasteiger partial charge in [-0.25, -0.2) is 9.97 Å². The Balaban J connectivity index is 1.27. The number of aromatic nitrogens is 2. The van der Waals surface area contributed by atoms with Crippen LogP contribution in [0.15, 0.2) is 60.9 Å². The first kappa shape index (κ1) is 25.6. The van der Waals surface area contributed by atoms with Crippen molar-refractivity contribution in [1.82, 2.24) is 25.5 Å². The number of likely N-dealkylation sites (tertiary alicyclic amines) is 1. The smallest absolute Gasteiger partial charge is 0.316 e. The summed E-state index contributed by atoms with van der Waals surface area (Å²) in [6.45, 7) is 3.70. The SMILES string of the molecule is COc1ccc(CCNC(=O)[C@@H]2CN(C)C[C@@H]2c2ccc(CNCc3cnc(OC)nc3)cc2)cc1. The van der Waals surface area contributed by atoms with E-state index in [0.29, 0.717) is 19.1 Å². The Kier molecular flexibility index (Phi) is 8.86. The number of likely N-dealkylation sites (N-methyl/N-ethyl adjacent to an activating group) is 1. The number of carbonyl (C=O) groups is 1. The molecule has 3 aromatic rings. The number of rotatable bonds is 11. The van der Waals surface area contributed by atoms with Gasteiger partial charge < -0.3 is 25.0 Å². The Bertz CT molecular complexity index is 1100. The van der Waals surface area contributed by atoms with Gasteiger partial charge in [0.15, 0.2) is 0 Å². The zero-order valence-electron chi connectivity index (χ0n) is 21.2. The molecule has 2 aromatic carbocycles. The molecule has 4 rings (SSSR count). The molecule has 36 heavy (non-hydrogen) atoms. The summed E-state index contributed by atoms with van der Waals surface area (Å²) in [7, 11) is 5.30. The van der Waals surface area contributed by atoms with Crippen molar-refractivity contribution in [2.24, 2.45) is 5.92 Å². The Morgan fingerprint density at radius 1 is 0.917 bits per heavy atom. The summed E-state index contributed by atoms with van der Waals surface area (Å²) >= 11 is 0. The molecule has 190 valence electrons. The molecule has 0 aliphatic carbocycles. The van der Waals surface area contributed by atoms with Crippen LogP contribution in [0.2, 0.25) is 0 Å². The van der Waals surface area contributed by atoms with Gasteiger partial charge in [0, 0.05) is 56.6 Å². The van der Waals surface area contributed by atoms with Crippen molar-refractivity contribution in [3.63, 3.8) is 0 Å². The third-order valence-electron chi connectivity index (χ3n) is 6.64. The molecule has 1 fully saturated rings. The first-order valence-corrected chi connectivity index (χ1v) is 12.3. The summed E-state index contributed by atoms with van der Waals surface area (Å²) in [5.74, 6) is 1.11. The van der Waals surface area contributed by atoms with E-state index in [1.165, 1.54) is 16.7 Å². The predicted octanol–water partition coefficient (Wildman–Crippen LogP) is 2.79. The zero-order chi connectivity index (χ0) is 25.3. The Labute approximate surface area is 213 Å². The van der Waals surface area contributed by atoms with Crippen LogP contribution in [0, 0.1) is 5.92 Å². The summed E-state index contributed by atoms with van der Waals surface area (Å²) in [6.07, 6.45) is 4.33. The number of benzene rings is 2. The topological polar surface area (TPSA) is 88.6 Å². The van der Waals surface area contributed by atoms with Gasteiger partial charge in [0.2, 0.25) is 5.91 Å². The zero-order valence-corrected chi connectivity index (χ0v) is 21.2. The predicted molar refractivity (Wildman–Crippen MR) is 139 cm³/mol. The number of ether oxygens (including phenoxy) is 2. The minimum atomic E-state index is -0.0510. The summed E-state index contributed by atoms with van der Waals surface area (Å²) in [4.78, 5) is 23.6. The first-order valence-electron chi connectivity index (χ1n) is 12.3. The molecule has 1 saturated heterocycles. The lowest BCUT2D eigenvalue weighted by molar-refractivity contribution is -0.124. The molecule has 1 amide bonds. The van der Waals surface area contributed by atoms with Crippen LogP contribution >= 0.6 is 0 Å². The second-order valence-corrected chi connectivity index (χ2v) is 9.25. The molecule has 1 aliphatic heterocycles. The highest BCUT2D eigenvalue weighted by Gasteiger charge is 2.36. The highest BCUT2D eigenvalue weighted by Crippen LogP contribution is 2.32. The average molecular weight is 490 g/mol. The second-order valence-electron chi connectivity index (χ2n) is 9.25. The average Bonchev–Trinajstić information content (AvgIpc) is 3.31.